The number of amides is 1. The van der Waals surface area contributed by atoms with Crippen LogP contribution >= 0.6 is 11.3 Å². The molecule has 5 nitrogen and oxygen atoms in total. The van der Waals surface area contributed by atoms with Crippen molar-refractivity contribution in [2.75, 3.05) is 20.2 Å². The van der Waals surface area contributed by atoms with Crippen LogP contribution < -0.4 is 0 Å². The summed E-state index contributed by atoms with van der Waals surface area (Å²) in [7, 11) is 1.37. The van der Waals surface area contributed by atoms with E-state index in [1.165, 1.54) is 18.4 Å². The molecule has 1 aliphatic heterocycles. The average molecular weight is 340 g/mol. The number of carbonyl (C=O) groups excluding carboxylic acids is 2. The normalized spacial score (nSPS) is 16.4. The Kier molecular flexibility index (Phi) is 4.92. The lowest BCUT2D eigenvalue weighted by molar-refractivity contribution is -0.144. The van der Waals surface area contributed by atoms with Gasteiger partial charge in [0.15, 0.2) is 5.01 Å². The lowest BCUT2D eigenvalue weighted by atomic mass is 10.1. The summed E-state index contributed by atoms with van der Waals surface area (Å²) in [6.45, 7) is 0.954. The molecule has 1 aliphatic rings. The van der Waals surface area contributed by atoms with E-state index in [1.807, 2.05) is 30.3 Å². The van der Waals surface area contributed by atoms with Crippen LogP contribution in [0.25, 0.3) is 0 Å². The highest BCUT2D eigenvalue weighted by molar-refractivity contribution is 7.14. The van der Waals surface area contributed by atoms with Crippen LogP contribution in [-0.4, -0.2) is 42.0 Å². The molecule has 0 radical (unpaired) electrons. The maximum absolute atomic E-state index is 12.5. The van der Waals surface area contributed by atoms with Crippen molar-refractivity contribution in [1.29, 1.82) is 0 Å². The minimum Gasteiger partial charge on any atom is -0.469 e. The number of benzene rings is 1. The van der Waals surface area contributed by atoms with E-state index >= 15 is 0 Å². The predicted molar refractivity (Wildman–Crippen MR) is 90.6 cm³/mol. The summed E-state index contributed by atoms with van der Waals surface area (Å²) < 4.78 is 4.74. The summed E-state index contributed by atoms with van der Waals surface area (Å²) in [5, 5.41) is 0.603. The molecule has 1 unspecified atom stereocenters. The lowest BCUT2D eigenvalue weighted by Crippen LogP contribution is -2.29. The largest absolute Gasteiger partial charge is 0.469 e. The number of methoxy groups -OCH3 is 1. The number of hydrogen-bond acceptors (Lipinski definition) is 5. The van der Waals surface area contributed by atoms with Gasteiger partial charge in [-0.3, -0.25) is 9.59 Å². The third-order valence-electron chi connectivity index (χ3n) is 3.81. The van der Waals surface area contributed by atoms with Crippen molar-refractivity contribution in [3.8, 4) is 11.8 Å². The molecule has 1 amide bonds. The molecule has 0 saturated carbocycles. The molecule has 0 N–H and O–H groups in total. The molecule has 122 valence electrons. The Morgan fingerprint density at radius 2 is 2.08 bits per heavy atom. The molecule has 0 bridgehead atoms. The van der Waals surface area contributed by atoms with Crippen LogP contribution in [-0.2, 0) is 9.53 Å². The average Bonchev–Trinajstić information content (AvgIpc) is 3.29. The number of esters is 1. The molecule has 2 heterocycles. The molecule has 6 heteroatoms. The number of carbonyl (C=O) groups is 2. The highest BCUT2D eigenvalue weighted by atomic mass is 32.1. The fourth-order valence-electron chi connectivity index (χ4n) is 2.54. The molecule has 0 aliphatic carbocycles. The minimum absolute atomic E-state index is 0.105. The summed E-state index contributed by atoms with van der Waals surface area (Å²) in [5.74, 6) is 5.40. The summed E-state index contributed by atoms with van der Waals surface area (Å²) in [6.07, 6.45) is 2.19. The molecule has 1 aromatic carbocycles. The minimum atomic E-state index is -0.260. The molecule has 1 aromatic heterocycles. The number of thiazole rings is 1. The highest BCUT2D eigenvalue weighted by Gasteiger charge is 2.32. The van der Waals surface area contributed by atoms with Crippen molar-refractivity contribution in [2.24, 2.45) is 5.92 Å². The Morgan fingerprint density at radius 1 is 1.29 bits per heavy atom. The van der Waals surface area contributed by atoms with E-state index in [2.05, 4.69) is 16.8 Å². The van der Waals surface area contributed by atoms with Crippen molar-refractivity contribution >= 4 is 23.2 Å². The number of nitrogens with zero attached hydrogens (tertiary/aromatic N) is 2. The van der Waals surface area contributed by atoms with E-state index in [-0.39, 0.29) is 17.8 Å². The van der Waals surface area contributed by atoms with Crippen molar-refractivity contribution < 1.29 is 14.3 Å². The zero-order valence-corrected chi connectivity index (χ0v) is 14.0. The van der Waals surface area contributed by atoms with E-state index in [0.29, 0.717) is 29.4 Å². The molecule has 1 atom stereocenters. The van der Waals surface area contributed by atoms with Crippen molar-refractivity contribution in [2.45, 2.75) is 6.42 Å². The number of hydrogen-bond donors (Lipinski definition) is 0. The van der Waals surface area contributed by atoms with Gasteiger partial charge in [0.1, 0.15) is 4.88 Å². The Hall–Kier alpha value is -2.65. The molecule has 1 saturated heterocycles. The van der Waals surface area contributed by atoms with Crippen molar-refractivity contribution in [1.82, 2.24) is 9.88 Å². The Morgan fingerprint density at radius 3 is 2.83 bits per heavy atom. The molecular weight excluding hydrogens is 324 g/mol. The first-order valence-electron chi connectivity index (χ1n) is 7.57. The maximum Gasteiger partial charge on any atom is 0.310 e. The van der Waals surface area contributed by atoms with Crippen LogP contribution in [0.4, 0.5) is 0 Å². The lowest BCUT2D eigenvalue weighted by Gasteiger charge is -2.14. The van der Waals surface area contributed by atoms with Crippen LogP contribution in [0.5, 0.6) is 0 Å². The molecule has 3 rings (SSSR count). The van der Waals surface area contributed by atoms with Gasteiger partial charge in [0.05, 0.1) is 19.2 Å². The van der Waals surface area contributed by atoms with Gasteiger partial charge >= 0.3 is 5.97 Å². The Labute approximate surface area is 144 Å². The Bertz CT molecular complexity index is 804. The number of likely N-dealkylation sites (tertiary alicyclic amines) is 1. The van der Waals surface area contributed by atoms with Crippen molar-refractivity contribution in [3.63, 3.8) is 0 Å². The van der Waals surface area contributed by atoms with E-state index in [4.69, 9.17) is 4.74 Å². The van der Waals surface area contributed by atoms with Gasteiger partial charge in [-0.05, 0) is 24.5 Å². The number of rotatable bonds is 2. The van der Waals surface area contributed by atoms with Crippen LogP contribution in [0.15, 0.2) is 36.5 Å². The van der Waals surface area contributed by atoms with Gasteiger partial charge in [-0.1, -0.05) is 24.1 Å². The fourth-order valence-corrected chi connectivity index (χ4v) is 3.28. The number of ether oxygens (including phenoxy) is 1. The maximum atomic E-state index is 12.5. The smallest absolute Gasteiger partial charge is 0.310 e. The standard InChI is InChI=1S/C18H16N2O3S/c1-23-18(22)14-9-10-20(12-14)17(21)15-11-19-16(24-15)8-7-13-5-3-2-4-6-13/h2-6,11,14H,9-10,12H2,1H3. The van der Waals surface area contributed by atoms with Crippen LogP contribution in [0.3, 0.4) is 0 Å². The van der Waals surface area contributed by atoms with Gasteiger partial charge in [-0.25, -0.2) is 4.98 Å². The van der Waals surface area contributed by atoms with E-state index in [0.717, 1.165) is 5.56 Å². The number of aromatic nitrogens is 1. The van der Waals surface area contributed by atoms with Gasteiger partial charge in [-0.15, -0.1) is 11.3 Å². The fraction of sp³-hybridized carbons (Fsp3) is 0.278. The summed E-state index contributed by atoms with van der Waals surface area (Å²) >= 11 is 1.27. The summed E-state index contributed by atoms with van der Waals surface area (Å²) in [4.78, 5) is 30.5. The quantitative estimate of drug-likeness (QED) is 0.621. The summed E-state index contributed by atoms with van der Waals surface area (Å²) in [6, 6.07) is 9.62. The van der Waals surface area contributed by atoms with E-state index in [1.54, 1.807) is 11.1 Å². The van der Waals surface area contributed by atoms with Gasteiger partial charge in [0.2, 0.25) is 0 Å². The summed E-state index contributed by atoms with van der Waals surface area (Å²) in [5.41, 5.74) is 0.904. The molecule has 2 aromatic rings. The molecule has 0 spiro atoms. The SMILES string of the molecule is COC(=O)C1CCN(C(=O)c2cnc(C#Cc3ccccc3)s2)C1. The predicted octanol–water partition coefficient (Wildman–Crippen LogP) is 2.18. The zero-order valence-electron chi connectivity index (χ0n) is 13.2. The first-order valence-corrected chi connectivity index (χ1v) is 8.39. The second-order valence-corrected chi connectivity index (χ2v) is 6.44. The van der Waals surface area contributed by atoms with Crippen LogP contribution in [0.1, 0.15) is 26.7 Å². The van der Waals surface area contributed by atoms with Crippen LogP contribution in [0.2, 0.25) is 0 Å². The van der Waals surface area contributed by atoms with Crippen molar-refractivity contribution in [3.05, 3.63) is 52.0 Å². The second kappa shape index (κ2) is 7.28. The van der Waals surface area contributed by atoms with E-state index < -0.39 is 0 Å². The zero-order chi connectivity index (χ0) is 16.9. The highest BCUT2D eigenvalue weighted by Crippen LogP contribution is 2.22. The first-order chi connectivity index (χ1) is 11.7. The van der Waals surface area contributed by atoms with Crippen LogP contribution in [0, 0.1) is 17.8 Å². The monoisotopic (exact) mass is 340 g/mol. The van der Waals surface area contributed by atoms with Gasteiger partial charge in [0.25, 0.3) is 5.91 Å². The third kappa shape index (κ3) is 3.63. The molecule has 24 heavy (non-hydrogen) atoms. The van der Waals surface area contributed by atoms with Gasteiger partial charge in [-0.2, -0.15) is 0 Å². The molecule has 1 fully saturated rings. The Balaban J connectivity index is 1.67. The first kappa shape index (κ1) is 16.2. The van der Waals surface area contributed by atoms with Gasteiger partial charge in [0, 0.05) is 18.7 Å². The topological polar surface area (TPSA) is 59.5 Å². The second-order valence-electron chi connectivity index (χ2n) is 5.41. The molecular formula is C18H16N2O3S. The van der Waals surface area contributed by atoms with Gasteiger partial charge < -0.3 is 9.64 Å². The van der Waals surface area contributed by atoms with E-state index in [9.17, 15) is 9.59 Å². The third-order valence-corrected chi connectivity index (χ3v) is 4.71.